The molecular weight excluding hydrogens is 551 g/mol. The molecule has 9 heteroatoms. The molecule has 38 heavy (non-hydrogen) atoms. The van der Waals surface area contributed by atoms with Gasteiger partial charge in [-0.2, -0.15) is 0 Å². The SMILES string of the molecule is CC(=N)N.CCC1CCN(C/C(=C\N(C)C)C(C)=O)CC1.CCC1CCN(Cc2cn[c-]nc2C)CC1.[Y]. The van der Waals surface area contributed by atoms with Crippen LogP contribution in [0.4, 0.5) is 0 Å². The van der Waals surface area contributed by atoms with Gasteiger partial charge in [-0.3, -0.25) is 15.1 Å². The largest absolute Gasteiger partial charge is 0.388 e. The van der Waals surface area contributed by atoms with Gasteiger partial charge < -0.3 is 25.5 Å². The second-order valence-corrected chi connectivity index (χ2v) is 10.7. The average molecular weight is 604 g/mol. The molecule has 2 aliphatic rings. The van der Waals surface area contributed by atoms with Crippen LogP contribution in [0.1, 0.15) is 77.5 Å². The van der Waals surface area contributed by atoms with Gasteiger partial charge in [-0.25, -0.2) is 0 Å². The maximum Gasteiger partial charge on any atom is 0.158 e. The van der Waals surface area contributed by atoms with Gasteiger partial charge in [-0.05, 0) is 77.5 Å². The second-order valence-electron chi connectivity index (χ2n) is 10.7. The van der Waals surface area contributed by atoms with Crippen LogP contribution in [-0.2, 0) is 44.0 Å². The van der Waals surface area contributed by atoms with Crippen LogP contribution >= 0.6 is 0 Å². The molecule has 3 rings (SSSR count). The molecular formula is C29H52N7OY-. The molecule has 213 valence electrons. The summed E-state index contributed by atoms with van der Waals surface area (Å²) in [6.07, 6.45) is 14.4. The number of likely N-dealkylation sites (tertiary alicyclic amines) is 2. The van der Waals surface area contributed by atoms with E-state index in [0.717, 1.165) is 49.3 Å². The second kappa shape index (κ2) is 20.7. The van der Waals surface area contributed by atoms with Crippen LogP contribution in [0.2, 0.25) is 0 Å². The molecule has 0 aliphatic carbocycles. The van der Waals surface area contributed by atoms with Crippen molar-refractivity contribution in [2.24, 2.45) is 17.6 Å². The van der Waals surface area contributed by atoms with Crippen molar-refractivity contribution in [2.75, 3.05) is 46.8 Å². The minimum atomic E-state index is 0. The normalized spacial score (nSPS) is 17.3. The third-order valence-corrected chi connectivity index (χ3v) is 7.18. The molecule has 0 aromatic carbocycles. The number of carbonyl (C=O) groups is 1. The Morgan fingerprint density at radius 1 is 1.08 bits per heavy atom. The fourth-order valence-corrected chi connectivity index (χ4v) is 4.67. The van der Waals surface area contributed by atoms with Crippen molar-refractivity contribution in [3.8, 4) is 0 Å². The van der Waals surface area contributed by atoms with Crippen LogP contribution in [0.25, 0.3) is 0 Å². The monoisotopic (exact) mass is 603 g/mol. The molecule has 3 heterocycles. The first kappa shape index (κ1) is 36.8. The van der Waals surface area contributed by atoms with E-state index >= 15 is 0 Å². The Labute approximate surface area is 257 Å². The Hall–Kier alpha value is -1.22. The standard InChI is InChI=1S/C14H26N2O.C13H20N3.C2H6N2.Y/c1-5-13-6-8-16(9-7-13)11-14(12(2)17)10-15(3)4;1-3-12-4-6-16(7-5-12)9-13-8-14-10-15-11(13)2;1-2(3)4;/h10,13H,5-9,11H2,1-4H3;8,12H,3-7,9H2,1-2H3;1H3,(H3,3,4);/q;-1;;/b14-10+;;;. The first-order chi connectivity index (χ1) is 17.5. The first-order valence-electron chi connectivity index (χ1n) is 13.9. The number of nitrogens with one attached hydrogen (secondary N) is 1. The Morgan fingerprint density at radius 3 is 1.95 bits per heavy atom. The van der Waals surface area contributed by atoms with Gasteiger partial charge in [0.25, 0.3) is 0 Å². The summed E-state index contributed by atoms with van der Waals surface area (Å²) in [7, 11) is 3.93. The number of aryl methyl sites for hydroxylation is 1. The van der Waals surface area contributed by atoms with E-state index in [1.54, 1.807) is 6.92 Å². The van der Waals surface area contributed by atoms with E-state index in [4.69, 9.17) is 11.1 Å². The van der Waals surface area contributed by atoms with E-state index in [1.807, 2.05) is 38.3 Å². The summed E-state index contributed by atoms with van der Waals surface area (Å²) in [5.74, 6) is 2.19. The minimum Gasteiger partial charge on any atom is -0.388 e. The van der Waals surface area contributed by atoms with Crippen LogP contribution in [0, 0.1) is 30.5 Å². The molecule has 3 N–H and O–H groups in total. The Bertz CT molecular complexity index is 826. The Morgan fingerprint density at radius 2 is 1.55 bits per heavy atom. The molecule has 1 aromatic heterocycles. The number of hydrogen-bond acceptors (Lipinski definition) is 7. The number of amidine groups is 1. The number of Topliss-reactive ketones (excluding diaryl/α,β-unsaturated/α-hetero) is 1. The summed E-state index contributed by atoms with van der Waals surface area (Å²) >= 11 is 0. The summed E-state index contributed by atoms with van der Waals surface area (Å²) in [6, 6.07) is 0. The summed E-state index contributed by atoms with van der Waals surface area (Å²) in [5.41, 5.74) is 7.92. The van der Waals surface area contributed by atoms with Gasteiger partial charge in [0.15, 0.2) is 5.78 Å². The van der Waals surface area contributed by atoms with Gasteiger partial charge >= 0.3 is 0 Å². The smallest absolute Gasteiger partial charge is 0.158 e. The molecule has 2 aliphatic heterocycles. The number of piperidine rings is 2. The Balaban J connectivity index is 0.000000618. The van der Waals surface area contributed by atoms with E-state index in [0.29, 0.717) is 0 Å². The van der Waals surface area contributed by atoms with Gasteiger partial charge in [0.05, 0.1) is 5.84 Å². The molecule has 0 saturated carbocycles. The third kappa shape index (κ3) is 16.0. The molecule has 2 saturated heterocycles. The predicted octanol–water partition coefficient (Wildman–Crippen LogP) is 4.29. The molecule has 1 aromatic rings. The molecule has 0 spiro atoms. The number of carbonyl (C=O) groups excluding carboxylic acids is 1. The van der Waals surface area contributed by atoms with Crippen LogP contribution in [0.15, 0.2) is 18.0 Å². The fourth-order valence-electron chi connectivity index (χ4n) is 4.67. The van der Waals surface area contributed by atoms with E-state index < -0.39 is 0 Å². The number of rotatable bonds is 8. The zero-order valence-electron chi connectivity index (χ0n) is 25.1. The summed E-state index contributed by atoms with van der Waals surface area (Å²) in [5, 5.41) is 6.28. The average Bonchev–Trinajstić information content (AvgIpc) is 2.86. The number of aromatic nitrogens is 2. The summed E-state index contributed by atoms with van der Waals surface area (Å²) in [4.78, 5) is 26.5. The van der Waals surface area contributed by atoms with Crippen LogP contribution < -0.4 is 5.73 Å². The van der Waals surface area contributed by atoms with E-state index in [1.165, 1.54) is 64.1 Å². The summed E-state index contributed by atoms with van der Waals surface area (Å²) < 4.78 is 0. The van der Waals surface area contributed by atoms with Crippen molar-refractivity contribution in [1.82, 2.24) is 24.7 Å². The molecule has 1 radical (unpaired) electrons. The molecule has 0 bridgehead atoms. The first-order valence-corrected chi connectivity index (χ1v) is 13.9. The van der Waals surface area contributed by atoms with Crippen molar-refractivity contribution in [3.63, 3.8) is 0 Å². The van der Waals surface area contributed by atoms with E-state index in [2.05, 4.69) is 39.9 Å². The molecule has 0 amide bonds. The molecule has 0 unspecified atom stereocenters. The number of nitrogens with two attached hydrogens (primary N) is 1. The van der Waals surface area contributed by atoms with Crippen molar-refractivity contribution in [3.05, 3.63) is 35.6 Å². The van der Waals surface area contributed by atoms with E-state index in [9.17, 15) is 4.79 Å². The quantitative estimate of drug-likeness (QED) is 0.198. The zero-order valence-corrected chi connectivity index (χ0v) is 27.9. The van der Waals surface area contributed by atoms with Crippen molar-refractivity contribution >= 4 is 11.6 Å². The van der Waals surface area contributed by atoms with Crippen LogP contribution in [0.3, 0.4) is 0 Å². The van der Waals surface area contributed by atoms with Gasteiger partial charge in [0, 0.05) is 78.0 Å². The number of nitrogens with zero attached hydrogens (tertiary/aromatic N) is 5. The minimum absolute atomic E-state index is 0. The van der Waals surface area contributed by atoms with Crippen molar-refractivity contribution in [2.45, 2.75) is 79.7 Å². The van der Waals surface area contributed by atoms with Gasteiger partial charge in [0.1, 0.15) is 0 Å². The van der Waals surface area contributed by atoms with Gasteiger partial charge in [-0.1, -0.05) is 45.5 Å². The summed E-state index contributed by atoms with van der Waals surface area (Å²) in [6.45, 7) is 16.3. The van der Waals surface area contributed by atoms with Crippen LogP contribution in [-0.4, -0.2) is 83.1 Å². The molecule has 2 fully saturated rings. The zero-order chi connectivity index (χ0) is 27.8. The fraction of sp³-hybridized carbons (Fsp3) is 0.724. The number of ketones is 1. The maximum absolute atomic E-state index is 11.6. The maximum atomic E-state index is 11.6. The van der Waals surface area contributed by atoms with Gasteiger partial charge in [0.2, 0.25) is 0 Å². The van der Waals surface area contributed by atoms with E-state index in [-0.39, 0.29) is 44.3 Å². The molecule has 8 nitrogen and oxygen atoms in total. The molecule has 0 atom stereocenters. The Kier molecular flexibility index (Phi) is 20.0. The van der Waals surface area contributed by atoms with Crippen molar-refractivity contribution < 1.29 is 37.5 Å². The topological polar surface area (TPSA) is 102 Å². The third-order valence-electron chi connectivity index (χ3n) is 7.18. The van der Waals surface area contributed by atoms with Crippen LogP contribution in [0.5, 0.6) is 0 Å². The van der Waals surface area contributed by atoms with Gasteiger partial charge in [-0.15, -0.1) is 5.56 Å². The van der Waals surface area contributed by atoms with Crippen molar-refractivity contribution in [1.29, 1.82) is 5.41 Å². The number of hydrogen-bond donors (Lipinski definition) is 2. The predicted molar refractivity (Wildman–Crippen MR) is 153 cm³/mol.